The first-order valence-electron chi connectivity index (χ1n) is 11.6. The summed E-state index contributed by atoms with van der Waals surface area (Å²) >= 11 is 0. The standard InChI is InChI=1S/C26H29N3O5/c1-28(2)13-21(24(30)29-12-15-11-22(29)23(15)25(31)32)27-26(33)34-14-20-18-9-5-3-7-16(18)17-8-4-6-10-19(17)20/h3-10,15,20-23H,11-14H2,1-2H3,(H,27,33)(H,31,32). The van der Waals surface area contributed by atoms with Gasteiger partial charge in [-0.3, -0.25) is 9.59 Å². The van der Waals surface area contributed by atoms with Gasteiger partial charge in [-0.05, 0) is 48.7 Å². The summed E-state index contributed by atoms with van der Waals surface area (Å²) in [6, 6.07) is 15.1. The molecule has 2 bridgehead atoms. The van der Waals surface area contributed by atoms with Crippen LogP contribution in [0.3, 0.4) is 0 Å². The van der Waals surface area contributed by atoms with E-state index in [1.165, 1.54) is 0 Å². The lowest BCUT2D eigenvalue weighted by molar-refractivity contribution is -0.148. The van der Waals surface area contributed by atoms with Crippen molar-refractivity contribution in [2.45, 2.75) is 24.4 Å². The number of benzene rings is 2. The van der Waals surface area contributed by atoms with Gasteiger partial charge in [0, 0.05) is 25.0 Å². The van der Waals surface area contributed by atoms with E-state index in [2.05, 4.69) is 29.6 Å². The number of amides is 2. The van der Waals surface area contributed by atoms with Crippen molar-refractivity contribution in [1.82, 2.24) is 15.1 Å². The minimum atomic E-state index is -0.856. The molecule has 178 valence electrons. The summed E-state index contributed by atoms with van der Waals surface area (Å²) < 4.78 is 5.63. The molecule has 2 saturated heterocycles. The van der Waals surface area contributed by atoms with Crippen molar-refractivity contribution in [3.63, 3.8) is 0 Å². The van der Waals surface area contributed by atoms with E-state index in [4.69, 9.17) is 4.74 Å². The third-order valence-corrected chi connectivity index (χ3v) is 7.35. The summed E-state index contributed by atoms with van der Waals surface area (Å²) in [6.07, 6.45) is 0.0610. The first-order chi connectivity index (χ1) is 16.3. The van der Waals surface area contributed by atoms with Gasteiger partial charge in [0.1, 0.15) is 12.6 Å². The molecule has 4 unspecified atom stereocenters. The second-order valence-corrected chi connectivity index (χ2v) is 9.70. The van der Waals surface area contributed by atoms with E-state index >= 15 is 0 Å². The number of hydrogen-bond acceptors (Lipinski definition) is 5. The third kappa shape index (κ3) is 3.81. The van der Waals surface area contributed by atoms with Crippen LogP contribution < -0.4 is 5.32 Å². The molecule has 8 nitrogen and oxygen atoms in total. The summed E-state index contributed by atoms with van der Waals surface area (Å²) in [5.74, 6) is -1.67. The van der Waals surface area contributed by atoms with Crippen LogP contribution in [0.15, 0.2) is 48.5 Å². The highest BCUT2D eigenvalue weighted by Crippen LogP contribution is 2.47. The Morgan fingerprint density at radius 3 is 2.26 bits per heavy atom. The highest BCUT2D eigenvalue weighted by atomic mass is 16.5. The van der Waals surface area contributed by atoms with Crippen LogP contribution in [0.25, 0.3) is 11.1 Å². The number of carbonyl (C=O) groups excluding carboxylic acids is 2. The molecular weight excluding hydrogens is 434 g/mol. The molecule has 4 atom stereocenters. The number of alkyl carbamates (subject to hydrolysis) is 1. The molecule has 2 aliphatic heterocycles. The van der Waals surface area contributed by atoms with Crippen LogP contribution in [0.2, 0.25) is 0 Å². The summed E-state index contributed by atoms with van der Waals surface area (Å²) in [5, 5.41) is 12.2. The highest BCUT2D eigenvalue weighted by Gasteiger charge is 2.57. The van der Waals surface area contributed by atoms with Crippen LogP contribution in [0, 0.1) is 11.8 Å². The smallest absolute Gasteiger partial charge is 0.407 e. The van der Waals surface area contributed by atoms with Gasteiger partial charge in [0.2, 0.25) is 5.91 Å². The fourth-order valence-electron chi connectivity index (χ4n) is 5.77. The summed E-state index contributed by atoms with van der Waals surface area (Å²) in [7, 11) is 3.65. The fraction of sp³-hybridized carbons (Fsp3) is 0.423. The minimum absolute atomic E-state index is 0.000843. The lowest BCUT2D eigenvalue weighted by Crippen LogP contribution is -2.55. The number of nitrogens with one attached hydrogen (secondary N) is 1. The Morgan fingerprint density at radius 1 is 1.09 bits per heavy atom. The molecule has 34 heavy (non-hydrogen) atoms. The lowest BCUT2D eigenvalue weighted by Gasteiger charge is -2.34. The largest absolute Gasteiger partial charge is 0.481 e. The second-order valence-electron chi connectivity index (χ2n) is 9.70. The Labute approximate surface area is 198 Å². The van der Waals surface area contributed by atoms with Crippen LogP contribution in [0.1, 0.15) is 23.5 Å². The van der Waals surface area contributed by atoms with Gasteiger partial charge in [-0.2, -0.15) is 0 Å². The molecule has 1 saturated carbocycles. The molecule has 2 aromatic rings. The highest BCUT2D eigenvalue weighted by molar-refractivity contribution is 5.88. The van der Waals surface area contributed by atoms with Gasteiger partial charge in [0.05, 0.1) is 5.92 Å². The Bertz CT molecular complexity index is 1090. The molecule has 2 amide bonds. The molecule has 0 radical (unpaired) electrons. The molecule has 2 aromatic carbocycles. The van der Waals surface area contributed by atoms with E-state index in [0.29, 0.717) is 19.5 Å². The van der Waals surface area contributed by atoms with Crippen LogP contribution in [0.4, 0.5) is 4.79 Å². The topological polar surface area (TPSA) is 99.2 Å². The van der Waals surface area contributed by atoms with Gasteiger partial charge in [-0.1, -0.05) is 48.5 Å². The third-order valence-electron chi connectivity index (χ3n) is 7.35. The van der Waals surface area contributed by atoms with Gasteiger partial charge >= 0.3 is 12.1 Å². The second kappa shape index (κ2) is 8.76. The van der Waals surface area contributed by atoms with Crippen molar-refractivity contribution < 1.29 is 24.2 Å². The van der Waals surface area contributed by atoms with E-state index in [0.717, 1.165) is 22.3 Å². The van der Waals surface area contributed by atoms with Gasteiger partial charge < -0.3 is 25.0 Å². The Kier molecular flexibility index (Phi) is 5.77. The predicted octanol–water partition coefficient (Wildman–Crippen LogP) is 2.39. The van der Waals surface area contributed by atoms with Crippen molar-refractivity contribution >= 4 is 18.0 Å². The van der Waals surface area contributed by atoms with Crippen LogP contribution >= 0.6 is 0 Å². The maximum Gasteiger partial charge on any atom is 0.407 e. The maximum absolute atomic E-state index is 13.2. The molecule has 2 N–H and O–H groups in total. The molecule has 0 aromatic heterocycles. The molecule has 2 heterocycles. The lowest BCUT2D eigenvalue weighted by atomic mass is 9.74. The monoisotopic (exact) mass is 463 g/mol. The Balaban J connectivity index is 1.25. The number of carboxylic acid groups (broad SMARTS) is 1. The van der Waals surface area contributed by atoms with E-state index in [1.54, 1.807) is 4.90 Å². The quantitative estimate of drug-likeness (QED) is 0.654. The summed E-state index contributed by atoms with van der Waals surface area (Å²) in [6.45, 7) is 0.893. The minimum Gasteiger partial charge on any atom is -0.481 e. The van der Waals surface area contributed by atoms with E-state index in [9.17, 15) is 19.5 Å². The Morgan fingerprint density at radius 2 is 1.71 bits per heavy atom. The van der Waals surface area contributed by atoms with Gasteiger partial charge in [0.25, 0.3) is 0 Å². The van der Waals surface area contributed by atoms with Crippen molar-refractivity contribution in [1.29, 1.82) is 0 Å². The van der Waals surface area contributed by atoms with Crippen LogP contribution in [-0.2, 0) is 14.3 Å². The number of hydrogen-bond donors (Lipinski definition) is 2. The van der Waals surface area contributed by atoms with Gasteiger partial charge in [-0.25, -0.2) is 4.79 Å². The number of nitrogens with zero attached hydrogens (tertiary/aromatic N) is 2. The van der Waals surface area contributed by atoms with E-state index in [-0.39, 0.29) is 30.4 Å². The van der Waals surface area contributed by atoms with Crippen molar-refractivity contribution in [2.24, 2.45) is 11.8 Å². The molecule has 3 fully saturated rings. The zero-order valence-electron chi connectivity index (χ0n) is 19.3. The molecule has 0 spiro atoms. The van der Waals surface area contributed by atoms with Crippen molar-refractivity contribution in [2.75, 3.05) is 33.8 Å². The number of rotatable bonds is 7. The molecular formula is C26H29N3O5. The zero-order valence-corrected chi connectivity index (χ0v) is 19.3. The first kappa shape index (κ1) is 22.4. The molecule has 4 aliphatic rings. The van der Waals surface area contributed by atoms with Gasteiger partial charge in [-0.15, -0.1) is 0 Å². The summed E-state index contributed by atoms with van der Waals surface area (Å²) in [5.41, 5.74) is 4.53. The SMILES string of the molecule is CN(C)CC(NC(=O)OCC1c2ccccc2-c2ccccc21)C(=O)N1CC2CC1C2C(=O)O. The van der Waals surface area contributed by atoms with Gasteiger partial charge in [0.15, 0.2) is 0 Å². The van der Waals surface area contributed by atoms with Crippen molar-refractivity contribution in [3.05, 3.63) is 59.7 Å². The number of likely N-dealkylation sites (N-methyl/N-ethyl adjacent to an activating group) is 1. The average molecular weight is 464 g/mol. The number of ether oxygens (including phenoxy) is 1. The average Bonchev–Trinajstić information content (AvgIpc) is 3.47. The summed E-state index contributed by atoms with van der Waals surface area (Å²) in [4.78, 5) is 41.0. The van der Waals surface area contributed by atoms with E-state index < -0.39 is 24.0 Å². The maximum atomic E-state index is 13.2. The van der Waals surface area contributed by atoms with E-state index in [1.807, 2.05) is 43.3 Å². The first-order valence-corrected chi connectivity index (χ1v) is 11.6. The number of aliphatic carboxylic acids is 1. The molecule has 8 heteroatoms. The number of carbonyl (C=O) groups is 3. The number of fused-ring (bicyclic) bond motifs is 4. The number of carboxylic acids is 1. The predicted molar refractivity (Wildman–Crippen MR) is 125 cm³/mol. The molecule has 2 aliphatic carbocycles. The van der Waals surface area contributed by atoms with Crippen LogP contribution in [0.5, 0.6) is 0 Å². The molecule has 6 rings (SSSR count). The van der Waals surface area contributed by atoms with Crippen molar-refractivity contribution in [3.8, 4) is 11.1 Å². The fourth-order valence-corrected chi connectivity index (χ4v) is 5.77. The normalized spacial score (nSPS) is 23.1. The van der Waals surface area contributed by atoms with Crippen LogP contribution in [-0.4, -0.2) is 78.8 Å². The Hall–Kier alpha value is -3.39. The zero-order chi connectivity index (χ0) is 24.0.